The molecule has 0 saturated carbocycles. The Labute approximate surface area is 188 Å². The molecule has 1 fully saturated rings. The Hall–Kier alpha value is -2.78. The minimum atomic E-state index is -3.83. The summed E-state index contributed by atoms with van der Waals surface area (Å²) in [5, 5.41) is 5.64. The van der Waals surface area contributed by atoms with Crippen LogP contribution in [-0.2, 0) is 14.8 Å². The van der Waals surface area contributed by atoms with Crippen LogP contribution in [0.5, 0.6) is 0 Å². The van der Waals surface area contributed by atoms with Crippen LogP contribution < -0.4 is 10.6 Å². The van der Waals surface area contributed by atoms with E-state index in [-0.39, 0.29) is 23.3 Å². The van der Waals surface area contributed by atoms with Gasteiger partial charge in [-0.3, -0.25) is 9.59 Å². The molecule has 1 unspecified atom stereocenters. The second kappa shape index (κ2) is 10.7. The van der Waals surface area contributed by atoms with Gasteiger partial charge in [-0.15, -0.1) is 0 Å². The zero-order valence-electron chi connectivity index (χ0n) is 18.0. The largest absolute Gasteiger partial charge is 0.352 e. The number of unbranched alkanes of at least 4 members (excludes halogenated alkanes) is 1. The van der Waals surface area contributed by atoms with Gasteiger partial charge in [-0.05, 0) is 55.7 Å². The molecule has 1 atom stereocenters. The lowest BCUT2D eigenvalue weighted by molar-refractivity contribution is -0.120. The third kappa shape index (κ3) is 5.72. The smallest absolute Gasteiger partial charge is 0.253 e. The van der Waals surface area contributed by atoms with Gasteiger partial charge in [-0.25, -0.2) is 12.8 Å². The van der Waals surface area contributed by atoms with Crippen molar-refractivity contribution >= 4 is 27.5 Å². The Bertz CT molecular complexity index is 1060. The zero-order chi connectivity index (χ0) is 23.1. The number of nitrogens with one attached hydrogen (secondary N) is 2. The quantitative estimate of drug-likeness (QED) is 0.589. The van der Waals surface area contributed by atoms with E-state index in [0.29, 0.717) is 37.2 Å². The molecular weight excluding hydrogens is 433 g/mol. The Morgan fingerprint density at radius 1 is 1.12 bits per heavy atom. The second-order valence-corrected chi connectivity index (χ2v) is 9.74. The van der Waals surface area contributed by atoms with Gasteiger partial charge in [-0.2, -0.15) is 4.31 Å². The van der Waals surface area contributed by atoms with Crippen molar-refractivity contribution in [1.29, 1.82) is 0 Å². The maximum Gasteiger partial charge on any atom is 0.253 e. The van der Waals surface area contributed by atoms with Gasteiger partial charge in [0.1, 0.15) is 5.82 Å². The normalized spacial score (nSPS) is 17.0. The van der Waals surface area contributed by atoms with E-state index in [4.69, 9.17) is 0 Å². The number of anilines is 1. The maximum absolute atomic E-state index is 13.2. The summed E-state index contributed by atoms with van der Waals surface area (Å²) in [5.41, 5.74) is 0.758. The van der Waals surface area contributed by atoms with Crippen LogP contribution in [0.15, 0.2) is 53.4 Å². The Morgan fingerprint density at radius 3 is 2.56 bits per heavy atom. The predicted molar refractivity (Wildman–Crippen MR) is 120 cm³/mol. The summed E-state index contributed by atoms with van der Waals surface area (Å²) in [6, 6.07) is 11.4. The van der Waals surface area contributed by atoms with Gasteiger partial charge in [0, 0.05) is 19.6 Å². The fourth-order valence-electron chi connectivity index (χ4n) is 3.63. The van der Waals surface area contributed by atoms with Crippen LogP contribution in [0, 0.1) is 11.7 Å². The number of sulfonamides is 1. The van der Waals surface area contributed by atoms with Crippen molar-refractivity contribution in [3.05, 3.63) is 59.9 Å². The van der Waals surface area contributed by atoms with Crippen LogP contribution >= 0.6 is 0 Å². The molecule has 0 aromatic heterocycles. The van der Waals surface area contributed by atoms with Gasteiger partial charge in [0.15, 0.2) is 0 Å². The molecule has 1 heterocycles. The highest BCUT2D eigenvalue weighted by Crippen LogP contribution is 2.25. The number of para-hydroxylation sites is 1. The van der Waals surface area contributed by atoms with Crippen LogP contribution in [0.2, 0.25) is 0 Å². The summed E-state index contributed by atoms with van der Waals surface area (Å²) in [6.07, 6.45) is 2.88. The number of hydrogen-bond donors (Lipinski definition) is 2. The first-order valence-electron chi connectivity index (χ1n) is 10.8. The molecule has 1 aliphatic rings. The van der Waals surface area contributed by atoms with E-state index in [1.165, 1.54) is 16.4 Å². The third-order valence-corrected chi connectivity index (χ3v) is 7.33. The molecule has 2 amide bonds. The monoisotopic (exact) mass is 461 g/mol. The summed E-state index contributed by atoms with van der Waals surface area (Å²) in [4.78, 5) is 25.4. The molecule has 0 spiro atoms. The Balaban J connectivity index is 1.70. The van der Waals surface area contributed by atoms with Gasteiger partial charge in [0.25, 0.3) is 5.91 Å². The van der Waals surface area contributed by atoms with Crippen molar-refractivity contribution in [3.8, 4) is 0 Å². The van der Waals surface area contributed by atoms with Crippen molar-refractivity contribution in [3.63, 3.8) is 0 Å². The van der Waals surface area contributed by atoms with Gasteiger partial charge in [0.05, 0.1) is 22.1 Å². The van der Waals surface area contributed by atoms with Crippen LogP contribution in [0.1, 0.15) is 43.0 Å². The van der Waals surface area contributed by atoms with Crippen molar-refractivity contribution in [2.24, 2.45) is 5.92 Å². The highest BCUT2D eigenvalue weighted by atomic mass is 32.2. The van der Waals surface area contributed by atoms with Crippen molar-refractivity contribution in [1.82, 2.24) is 9.62 Å². The second-order valence-electron chi connectivity index (χ2n) is 7.80. The molecule has 2 N–H and O–H groups in total. The van der Waals surface area contributed by atoms with E-state index in [9.17, 15) is 22.4 Å². The van der Waals surface area contributed by atoms with Gasteiger partial charge >= 0.3 is 0 Å². The Morgan fingerprint density at radius 2 is 1.84 bits per heavy atom. The average Bonchev–Trinajstić information content (AvgIpc) is 2.80. The van der Waals surface area contributed by atoms with E-state index in [0.717, 1.165) is 25.0 Å². The van der Waals surface area contributed by atoms with E-state index < -0.39 is 21.8 Å². The molecule has 2 aromatic carbocycles. The molecule has 0 bridgehead atoms. The van der Waals surface area contributed by atoms with E-state index in [2.05, 4.69) is 10.6 Å². The van der Waals surface area contributed by atoms with Gasteiger partial charge in [0.2, 0.25) is 15.9 Å². The summed E-state index contributed by atoms with van der Waals surface area (Å²) < 4.78 is 40.3. The fraction of sp³-hybridized carbons (Fsp3) is 0.391. The number of nitrogens with zero attached hydrogens (tertiary/aromatic N) is 1. The highest BCUT2D eigenvalue weighted by molar-refractivity contribution is 7.89. The van der Waals surface area contributed by atoms with Crippen molar-refractivity contribution < 1.29 is 22.4 Å². The Kier molecular flexibility index (Phi) is 7.98. The predicted octanol–water partition coefficient (Wildman–Crippen LogP) is 3.40. The van der Waals surface area contributed by atoms with Crippen LogP contribution in [0.4, 0.5) is 10.1 Å². The summed E-state index contributed by atoms with van der Waals surface area (Å²) in [6.45, 7) is 2.90. The number of carbonyl (C=O) groups is 2. The topological polar surface area (TPSA) is 95.6 Å². The molecule has 2 aromatic rings. The average molecular weight is 462 g/mol. The third-order valence-electron chi connectivity index (χ3n) is 5.45. The maximum atomic E-state index is 13.2. The molecule has 0 radical (unpaired) electrons. The SMILES string of the molecule is CCCCNC(=O)c1ccccc1NC(=O)C1CCCN(S(=O)(=O)c2ccc(F)cc2)C1. The fourth-order valence-corrected chi connectivity index (χ4v) is 5.15. The number of halogens is 1. The van der Waals surface area contributed by atoms with Gasteiger partial charge < -0.3 is 10.6 Å². The van der Waals surface area contributed by atoms with Crippen LogP contribution in [0.25, 0.3) is 0 Å². The summed E-state index contributed by atoms with van der Waals surface area (Å²) in [7, 11) is -3.83. The van der Waals surface area contributed by atoms with Gasteiger partial charge in [-0.1, -0.05) is 25.5 Å². The van der Waals surface area contributed by atoms with E-state index >= 15 is 0 Å². The number of benzene rings is 2. The minimum Gasteiger partial charge on any atom is -0.352 e. The van der Waals surface area contributed by atoms with E-state index in [1.807, 2.05) is 6.92 Å². The van der Waals surface area contributed by atoms with Crippen molar-refractivity contribution in [2.75, 3.05) is 25.0 Å². The van der Waals surface area contributed by atoms with E-state index in [1.54, 1.807) is 24.3 Å². The molecule has 0 aliphatic carbocycles. The molecule has 9 heteroatoms. The standard InChI is InChI=1S/C23H28FN3O4S/c1-2-3-14-25-23(29)20-8-4-5-9-21(20)26-22(28)17-7-6-15-27(16-17)32(30,31)19-12-10-18(24)11-13-19/h4-5,8-13,17H,2-3,6-7,14-16H2,1H3,(H,25,29)(H,26,28). The lowest BCUT2D eigenvalue weighted by Gasteiger charge is -2.31. The first-order valence-corrected chi connectivity index (χ1v) is 12.2. The van der Waals surface area contributed by atoms with Crippen LogP contribution in [0.3, 0.4) is 0 Å². The molecule has 172 valence electrons. The molecule has 3 rings (SSSR count). The highest BCUT2D eigenvalue weighted by Gasteiger charge is 2.33. The summed E-state index contributed by atoms with van der Waals surface area (Å²) in [5.74, 6) is -1.68. The number of rotatable bonds is 8. The first kappa shape index (κ1) is 23.9. The lowest BCUT2D eigenvalue weighted by Crippen LogP contribution is -2.43. The molecular formula is C23H28FN3O4S. The number of hydrogen-bond acceptors (Lipinski definition) is 4. The number of piperidine rings is 1. The van der Waals surface area contributed by atoms with Crippen molar-refractivity contribution in [2.45, 2.75) is 37.5 Å². The van der Waals surface area contributed by atoms with Crippen LogP contribution in [-0.4, -0.2) is 44.2 Å². The molecule has 7 nitrogen and oxygen atoms in total. The minimum absolute atomic E-state index is 0.00551. The molecule has 1 saturated heterocycles. The number of amides is 2. The summed E-state index contributed by atoms with van der Waals surface area (Å²) >= 11 is 0. The first-order chi connectivity index (χ1) is 15.3. The number of carbonyl (C=O) groups excluding carboxylic acids is 2. The zero-order valence-corrected chi connectivity index (χ0v) is 18.8. The molecule has 32 heavy (non-hydrogen) atoms. The lowest BCUT2D eigenvalue weighted by atomic mass is 9.98. The molecule has 1 aliphatic heterocycles.